The van der Waals surface area contributed by atoms with Crippen molar-refractivity contribution >= 4 is 52.2 Å². The van der Waals surface area contributed by atoms with Crippen molar-refractivity contribution in [2.24, 2.45) is 0 Å². The average molecular weight is 640 g/mol. The fraction of sp³-hybridized carbons (Fsp3) is 0.207. The van der Waals surface area contributed by atoms with E-state index in [1.165, 1.54) is 6.08 Å². The summed E-state index contributed by atoms with van der Waals surface area (Å²) in [6.45, 7) is 6.52. The molecule has 5 rings (SSSR count). The van der Waals surface area contributed by atoms with Gasteiger partial charge >= 0.3 is 6.03 Å². The van der Waals surface area contributed by atoms with E-state index in [9.17, 15) is 14.4 Å². The van der Waals surface area contributed by atoms with Gasteiger partial charge in [0.2, 0.25) is 6.79 Å². The molecule has 0 unspecified atom stereocenters. The van der Waals surface area contributed by atoms with Crippen LogP contribution in [0.2, 0.25) is 0 Å². The van der Waals surface area contributed by atoms with Crippen LogP contribution in [0.1, 0.15) is 29.2 Å². The largest absolute Gasteiger partial charge is 0.490 e. The summed E-state index contributed by atoms with van der Waals surface area (Å²) in [6, 6.07) is 13.5. The number of nitrogens with one attached hydrogen (secondary N) is 1. The van der Waals surface area contributed by atoms with E-state index in [0.29, 0.717) is 40.9 Å². The minimum absolute atomic E-state index is 0.167. The maximum atomic E-state index is 13.3. The number of rotatable bonds is 7. The zero-order valence-corrected chi connectivity index (χ0v) is 23.7. The van der Waals surface area contributed by atoms with Crippen molar-refractivity contribution in [1.29, 1.82) is 0 Å². The lowest BCUT2D eigenvalue weighted by molar-refractivity contribution is -0.122. The molecular formula is C29H25IN2O7. The van der Waals surface area contributed by atoms with Gasteiger partial charge in [-0.15, -0.1) is 0 Å². The van der Waals surface area contributed by atoms with Gasteiger partial charge in [0.25, 0.3) is 11.8 Å². The lowest BCUT2D eigenvalue weighted by atomic mass is 10.0. The van der Waals surface area contributed by atoms with Crippen LogP contribution in [0.15, 0.2) is 54.1 Å². The molecule has 0 radical (unpaired) electrons. The summed E-state index contributed by atoms with van der Waals surface area (Å²) < 4.78 is 23.5. The van der Waals surface area contributed by atoms with Gasteiger partial charge in [-0.2, -0.15) is 0 Å². The Morgan fingerprint density at radius 1 is 0.974 bits per heavy atom. The highest BCUT2D eigenvalue weighted by Crippen LogP contribution is 2.37. The van der Waals surface area contributed by atoms with Crippen LogP contribution in [0.5, 0.6) is 23.0 Å². The molecule has 2 aliphatic heterocycles. The van der Waals surface area contributed by atoms with E-state index in [-0.39, 0.29) is 19.0 Å². The van der Waals surface area contributed by atoms with Gasteiger partial charge in [0.05, 0.1) is 15.9 Å². The minimum atomic E-state index is -0.790. The first-order valence-electron chi connectivity index (χ1n) is 12.2. The number of hydrogen-bond acceptors (Lipinski definition) is 7. The zero-order valence-electron chi connectivity index (χ0n) is 21.5. The molecule has 0 atom stereocenters. The van der Waals surface area contributed by atoms with Gasteiger partial charge in [0.1, 0.15) is 12.2 Å². The van der Waals surface area contributed by atoms with Gasteiger partial charge in [-0.3, -0.25) is 14.9 Å². The number of halogens is 1. The minimum Gasteiger partial charge on any atom is -0.490 e. The number of amides is 4. The summed E-state index contributed by atoms with van der Waals surface area (Å²) in [5.74, 6) is 0.886. The Morgan fingerprint density at radius 2 is 1.77 bits per heavy atom. The molecule has 0 aliphatic carbocycles. The number of urea groups is 1. The van der Waals surface area contributed by atoms with E-state index in [4.69, 9.17) is 18.9 Å². The van der Waals surface area contributed by atoms with Crippen molar-refractivity contribution in [3.8, 4) is 23.0 Å². The maximum absolute atomic E-state index is 13.3. The number of carbonyl (C=O) groups excluding carboxylic acids is 3. The third-order valence-corrected chi connectivity index (χ3v) is 7.11. The first-order chi connectivity index (χ1) is 18.7. The molecule has 10 heteroatoms. The van der Waals surface area contributed by atoms with Crippen LogP contribution in [-0.4, -0.2) is 31.2 Å². The van der Waals surface area contributed by atoms with Crippen LogP contribution in [0.25, 0.3) is 6.08 Å². The molecular weight excluding hydrogens is 615 g/mol. The lowest BCUT2D eigenvalue weighted by Gasteiger charge is -2.27. The summed E-state index contributed by atoms with van der Waals surface area (Å²) in [6.07, 6.45) is 1.45. The van der Waals surface area contributed by atoms with Crippen molar-refractivity contribution in [3.63, 3.8) is 0 Å². The van der Waals surface area contributed by atoms with E-state index in [1.54, 1.807) is 24.3 Å². The Hall–Kier alpha value is -4.06. The number of barbiturate groups is 1. The normalized spacial score (nSPS) is 15.5. The second kappa shape index (κ2) is 11.0. The molecule has 3 aromatic carbocycles. The van der Waals surface area contributed by atoms with E-state index in [2.05, 4.69) is 27.9 Å². The van der Waals surface area contributed by atoms with Crippen LogP contribution < -0.4 is 29.2 Å². The number of benzene rings is 3. The standard InChI is InChI=1S/C29H25IN2O7/c1-4-36-25-13-19(11-22(30)26(25)37-14-18-6-8-23-24(12-18)39-15-38-23)10-21-27(33)31-29(35)32(28(21)34)20-7-5-16(2)17(3)9-20/h5-13H,4,14-15H2,1-3H3,(H,31,33,35)/b21-10+. The topological polar surface area (TPSA) is 103 Å². The second-order valence-corrected chi connectivity index (χ2v) is 10.1. The van der Waals surface area contributed by atoms with E-state index < -0.39 is 17.8 Å². The molecule has 9 nitrogen and oxygen atoms in total. The van der Waals surface area contributed by atoms with Crippen molar-refractivity contribution in [2.45, 2.75) is 27.4 Å². The summed E-state index contributed by atoms with van der Waals surface area (Å²) in [5.41, 5.74) is 3.60. The number of carbonyl (C=O) groups is 3. The van der Waals surface area contributed by atoms with E-state index >= 15 is 0 Å². The maximum Gasteiger partial charge on any atom is 0.335 e. The molecule has 4 amide bonds. The molecule has 200 valence electrons. The molecule has 0 bridgehead atoms. The second-order valence-electron chi connectivity index (χ2n) is 8.97. The summed E-state index contributed by atoms with van der Waals surface area (Å²) in [4.78, 5) is 39.6. The highest BCUT2D eigenvalue weighted by atomic mass is 127. The van der Waals surface area contributed by atoms with Crippen LogP contribution in [0.4, 0.5) is 10.5 Å². The first-order valence-corrected chi connectivity index (χ1v) is 13.3. The molecule has 0 aromatic heterocycles. The number of fused-ring (bicyclic) bond motifs is 1. The lowest BCUT2D eigenvalue weighted by Crippen LogP contribution is -2.54. The van der Waals surface area contributed by atoms with E-state index in [1.807, 2.05) is 45.0 Å². The Morgan fingerprint density at radius 3 is 2.54 bits per heavy atom. The SMILES string of the molecule is CCOc1cc(/C=C2\C(=O)NC(=O)N(c3ccc(C)c(C)c3)C2=O)cc(I)c1OCc1ccc2c(c1)OCO2. The molecule has 39 heavy (non-hydrogen) atoms. The molecule has 0 spiro atoms. The smallest absolute Gasteiger partial charge is 0.335 e. The Labute approximate surface area is 238 Å². The van der Waals surface area contributed by atoms with Crippen LogP contribution in [-0.2, 0) is 16.2 Å². The van der Waals surface area contributed by atoms with Crippen molar-refractivity contribution in [3.05, 3.63) is 79.9 Å². The Bertz CT molecular complexity index is 1530. The number of aryl methyl sites for hydroxylation is 2. The fourth-order valence-corrected chi connectivity index (χ4v) is 4.96. The molecule has 3 aromatic rings. The number of ether oxygens (including phenoxy) is 4. The average Bonchev–Trinajstić information content (AvgIpc) is 3.36. The molecule has 1 fully saturated rings. The molecule has 1 N–H and O–H groups in total. The van der Waals surface area contributed by atoms with Gasteiger partial charge in [0, 0.05) is 0 Å². The fourth-order valence-electron chi connectivity index (χ4n) is 4.18. The highest BCUT2D eigenvalue weighted by Gasteiger charge is 2.37. The predicted molar refractivity (Wildman–Crippen MR) is 152 cm³/mol. The van der Waals surface area contributed by atoms with Crippen molar-refractivity contribution < 1.29 is 33.3 Å². The molecule has 1 saturated heterocycles. The first kappa shape index (κ1) is 26.5. The summed E-state index contributed by atoms with van der Waals surface area (Å²) in [7, 11) is 0. The van der Waals surface area contributed by atoms with Gasteiger partial charge < -0.3 is 18.9 Å². The van der Waals surface area contributed by atoms with Gasteiger partial charge in [-0.05, 0) is 108 Å². The zero-order chi connectivity index (χ0) is 27.7. The van der Waals surface area contributed by atoms with Crippen LogP contribution in [0.3, 0.4) is 0 Å². The molecule has 0 saturated carbocycles. The van der Waals surface area contributed by atoms with Gasteiger partial charge in [0.15, 0.2) is 23.0 Å². The monoisotopic (exact) mass is 640 g/mol. The Kier molecular flexibility index (Phi) is 7.47. The number of anilines is 1. The predicted octanol–water partition coefficient (Wildman–Crippen LogP) is 5.28. The van der Waals surface area contributed by atoms with E-state index in [0.717, 1.165) is 25.2 Å². The third kappa shape index (κ3) is 5.42. The van der Waals surface area contributed by atoms with Crippen molar-refractivity contribution in [1.82, 2.24) is 5.32 Å². The summed E-state index contributed by atoms with van der Waals surface area (Å²) in [5, 5.41) is 2.27. The summed E-state index contributed by atoms with van der Waals surface area (Å²) >= 11 is 2.12. The van der Waals surface area contributed by atoms with Crippen molar-refractivity contribution in [2.75, 3.05) is 18.3 Å². The van der Waals surface area contributed by atoms with Gasteiger partial charge in [-0.25, -0.2) is 9.69 Å². The van der Waals surface area contributed by atoms with Crippen LogP contribution in [0, 0.1) is 17.4 Å². The van der Waals surface area contributed by atoms with Gasteiger partial charge in [-0.1, -0.05) is 12.1 Å². The number of imide groups is 2. The molecule has 2 aliphatic rings. The molecule has 2 heterocycles. The number of nitrogens with zero attached hydrogens (tertiary/aromatic N) is 1. The Balaban J connectivity index is 1.43. The number of hydrogen-bond donors (Lipinski definition) is 1. The third-order valence-electron chi connectivity index (χ3n) is 6.31. The van der Waals surface area contributed by atoms with Crippen LogP contribution >= 0.6 is 22.6 Å². The quantitative estimate of drug-likeness (QED) is 0.213. The highest BCUT2D eigenvalue weighted by molar-refractivity contribution is 14.1.